The number of H-pyrrole nitrogens is 1. The molecular formula is C9H7N5O2. The molecule has 0 fully saturated rings. The summed E-state index contributed by atoms with van der Waals surface area (Å²) in [6.07, 6.45) is 2.29. The van der Waals surface area contributed by atoms with E-state index in [0.717, 1.165) is 11.8 Å². The third kappa shape index (κ3) is 2.27. The molecule has 1 heterocycles. The Bertz CT molecular complexity index is 520. The quantitative estimate of drug-likeness (QED) is 0.613. The molecule has 1 aromatic carbocycles. The monoisotopic (exact) mass is 217 g/mol. The Hall–Kier alpha value is -2.57. The van der Waals surface area contributed by atoms with E-state index in [1.54, 1.807) is 24.3 Å². The van der Waals surface area contributed by atoms with E-state index < -0.39 is 4.92 Å². The van der Waals surface area contributed by atoms with Crippen LogP contribution in [0.25, 0.3) is 17.5 Å². The zero-order chi connectivity index (χ0) is 11.4. The summed E-state index contributed by atoms with van der Waals surface area (Å²) >= 11 is 0. The molecule has 0 aliphatic rings. The van der Waals surface area contributed by atoms with Gasteiger partial charge in [0.1, 0.15) is 0 Å². The molecule has 0 amide bonds. The Balaban J connectivity index is 2.30. The van der Waals surface area contributed by atoms with E-state index in [1.807, 2.05) is 0 Å². The highest BCUT2D eigenvalue weighted by molar-refractivity contribution is 5.60. The minimum absolute atomic E-state index is 0.455. The second-order valence-electron chi connectivity index (χ2n) is 2.96. The number of aromatic nitrogens is 4. The molecule has 0 bridgehead atoms. The number of tetrazole rings is 1. The molecule has 0 atom stereocenters. The molecule has 1 N–H and O–H groups in total. The normalized spacial score (nSPS) is 10.8. The van der Waals surface area contributed by atoms with Crippen molar-refractivity contribution in [3.05, 3.63) is 46.1 Å². The highest BCUT2D eigenvalue weighted by Gasteiger charge is 2.02. The smallest absolute Gasteiger partial charge is 0.235 e. The van der Waals surface area contributed by atoms with Gasteiger partial charge < -0.3 is 0 Å². The molecule has 7 heteroatoms. The van der Waals surface area contributed by atoms with Crippen molar-refractivity contribution in [3.8, 4) is 11.4 Å². The molecule has 0 saturated heterocycles. The minimum Gasteiger partial charge on any atom is -0.259 e. The number of hydrogen-bond donors (Lipinski definition) is 1. The molecule has 80 valence electrons. The van der Waals surface area contributed by atoms with Gasteiger partial charge >= 0.3 is 0 Å². The Morgan fingerprint density at radius 1 is 1.44 bits per heavy atom. The van der Waals surface area contributed by atoms with Crippen molar-refractivity contribution in [2.45, 2.75) is 0 Å². The molecule has 0 saturated carbocycles. The number of nitrogens with zero attached hydrogens (tertiary/aromatic N) is 4. The summed E-state index contributed by atoms with van der Waals surface area (Å²) in [5.74, 6) is 0.455. The van der Waals surface area contributed by atoms with Crippen molar-refractivity contribution >= 4 is 6.08 Å². The van der Waals surface area contributed by atoms with Crippen molar-refractivity contribution in [2.24, 2.45) is 0 Å². The summed E-state index contributed by atoms with van der Waals surface area (Å²) in [6.45, 7) is 0. The summed E-state index contributed by atoms with van der Waals surface area (Å²) in [7, 11) is 0. The van der Waals surface area contributed by atoms with Crippen LogP contribution in [0, 0.1) is 10.1 Å². The Kier molecular flexibility index (Phi) is 2.68. The fourth-order valence-corrected chi connectivity index (χ4v) is 1.21. The zero-order valence-corrected chi connectivity index (χ0v) is 8.07. The van der Waals surface area contributed by atoms with Gasteiger partial charge in [0.15, 0.2) is 0 Å². The van der Waals surface area contributed by atoms with Crippen LogP contribution in [0.1, 0.15) is 5.56 Å². The molecule has 0 aliphatic carbocycles. The van der Waals surface area contributed by atoms with Gasteiger partial charge in [-0.25, -0.2) is 0 Å². The maximum Gasteiger partial charge on any atom is 0.235 e. The summed E-state index contributed by atoms with van der Waals surface area (Å²) in [4.78, 5) is 9.65. The van der Waals surface area contributed by atoms with E-state index in [9.17, 15) is 10.1 Å². The Labute approximate surface area is 90.0 Å². The maximum absolute atomic E-state index is 10.2. The predicted molar refractivity (Wildman–Crippen MR) is 55.6 cm³/mol. The number of rotatable bonds is 3. The first-order valence-corrected chi connectivity index (χ1v) is 4.41. The second kappa shape index (κ2) is 4.30. The van der Waals surface area contributed by atoms with Crippen LogP contribution in [-0.2, 0) is 0 Å². The topological polar surface area (TPSA) is 97.6 Å². The average molecular weight is 217 g/mol. The van der Waals surface area contributed by atoms with Crippen LogP contribution in [0.2, 0.25) is 0 Å². The Morgan fingerprint density at radius 2 is 2.31 bits per heavy atom. The van der Waals surface area contributed by atoms with Crippen LogP contribution in [-0.4, -0.2) is 25.5 Å². The fraction of sp³-hybridized carbons (Fsp3) is 0. The van der Waals surface area contributed by atoms with E-state index in [0.29, 0.717) is 11.4 Å². The highest BCUT2D eigenvalue weighted by atomic mass is 16.6. The van der Waals surface area contributed by atoms with Crippen LogP contribution in [0.4, 0.5) is 0 Å². The van der Waals surface area contributed by atoms with Gasteiger partial charge in [-0.15, -0.1) is 10.2 Å². The number of nitrogens with one attached hydrogen (secondary N) is 1. The number of nitro groups is 1. The van der Waals surface area contributed by atoms with Crippen molar-refractivity contribution in [1.29, 1.82) is 0 Å². The lowest BCUT2D eigenvalue weighted by Crippen LogP contribution is -1.84. The van der Waals surface area contributed by atoms with Gasteiger partial charge in [-0.05, 0) is 16.8 Å². The van der Waals surface area contributed by atoms with Crippen LogP contribution < -0.4 is 0 Å². The third-order valence-corrected chi connectivity index (χ3v) is 1.88. The molecule has 2 aromatic rings. The molecule has 1 aromatic heterocycles. The lowest BCUT2D eigenvalue weighted by Gasteiger charge is -1.95. The molecule has 0 aliphatic heterocycles. The standard InChI is InChI=1S/C9H7N5O2/c15-14(16)5-4-7-2-1-3-8(6-7)9-10-12-13-11-9/h1-6H,(H,10,11,12,13)/b5-4+. The van der Waals surface area contributed by atoms with Gasteiger partial charge in [0.25, 0.3) is 0 Å². The van der Waals surface area contributed by atoms with Gasteiger partial charge in [-0.3, -0.25) is 10.1 Å². The number of hydrogen-bond acceptors (Lipinski definition) is 5. The van der Waals surface area contributed by atoms with E-state index in [2.05, 4.69) is 20.6 Å². The fourth-order valence-electron chi connectivity index (χ4n) is 1.21. The lowest BCUT2D eigenvalue weighted by molar-refractivity contribution is -0.400. The Morgan fingerprint density at radius 3 is 3.00 bits per heavy atom. The van der Waals surface area contributed by atoms with Crippen LogP contribution >= 0.6 is 0 Å². The molecule has 2 rings (SSSR count). The molecular weight excluding hydrogens is 210 g/mol. The summed E-state index contributed by atoms with van der Waals surface area (Å²) in [5, 5.41) is 23.6. The summed E-state index contributed by atoms with van der Waals surface area (Å²) < 4.78 is 0. The van der Waals surface area contributed by atoms with E-state index >= 15 is 0 Å². The number of benzene rings is 1. The van der Waals surface area contributed by atoms with E-state index in [1.165, 1.54) is 6.08 Å². The number of aromatic amines is 1. The lowest BCUT2D eigenvalue weighted by atomic mass is 10.1. The SMILES string of the molecule is O=[N+]([O-])/C=C/c1cccc(-c2nn[nH]n2)c1. The van der Waals surface area contributed by atoms with Crippen molar-refractivity contribution in [2.75, 3.05) is 0 Å². The van der Waals surface area contributed by atoms with Crippen molar-refractivity contribution in [1.82, 2.24) is 20.6 Å². The highest BCUT2D eigenvalue weighted by Crippen LogP contribution is 2.15. The summed E-state index contributed by atoms with van der Waals surface area (Å²) in [6, 6.07) is 7.06. The van der Waals surface area contributed by atoms with Crippen LogP contribution in [0.15, 0.2) is 30.5 Å². The first-order valence-electron chi connectivity index (χ1n) is 4.41. The largest absolute Gasteiger partial charge is 0.259 e. The average Bonchev–Trinajstić information content (AvgIpc) is 2.80. The van der Waals surface area contributed by atoms with Gasteiger partial charge in [-0.1, -0.05) is 18.2 Å². The van der Waals surface area contributed by atoms with E-state index in [-0.39, 0.29) is 0 Å². The first kappa shape index (κ1) is 9.97. The molecule has 0 radical (unpaired) electrons. The maximum atomic E-state index is 10.2. The minimum atomic E-state index is -0.513. The molecule has 0 unspecified atom stereocenters. The van der Waals surface area contributed by atoms with Crippen LogP contribution in [0.5, 0.6) is 0 Å². The van der Waals surface area contributed by atoms with Gasteiger partial charge in [0, 0.05) is 11.6 Å². The molecule has 0 spiro atoms. The van der Waals surface area contributed by atoms with Gasteiger partial charge in [0.2, 0.25) is 12.0 Å². The van der Waals surface area contributed by atoms with E-state index in [4.69, 9.17) is 0 Å². The van der Waals surface area contributed by atoms with Gasteiger partial charge in [0.05, 0.1) is 4.92 Å². The predicted octanol–water partition coefficient (Wildman–Crippen LogP) is 1.11. The second-order valence-corrected chi connectivity index (χ2v) is 2.96. The summed E-state index contributed by atoms with van der Waals surface area (Å²) in [5.41, 5.74) is 1.46. The van der Waals surface area contributed by atoms with Gasteiger partial charge in [-0.2, -0.15) is 5.21 Å². The zero-order valence-electron chi connectivity index (χ0n) is 8.07. The van der Waals surface area contributed by atoms with Crippen LogP contribution in [0.3, 0.4) is 0 Å². The first-order chi connectivity index (χ1) is 7.75. The van der Waals surface area contributed by atoms with Crippen molar-refractivity contribution in [3.63, 3.8) is 0 Å². The van der Waals surface area contributed by atoms with Crippen molar-refractivity contribution < 1.29 is 4.92 Å². The third-order valence-electron chi connectivity index (χ3n) is 1.88. The molecule has 16 heavy (non-hydrogen) atoms. The molecule has 7 nitrogen and oxygen atoms in total.